The summed E-state index contributed by atoms with van der Waals surface area (Å²) in [6, 6.07) is 17.4. The van der Waals surface area contributed by atoms with E-state index in [1.54, 1.807) is 73.8 Å². The molecular formula is C30H26N2O7S. The molecule has 1 atom stereocenters. The molecule has 1 amide bonds. The fraction of sp³-hybridized carbons (Fsp3) is 0.200. The summed E-state index contributed by atoms with van der Waals surface area (Å²) in [5.41, 5.74) is 1.67. The summed E-state index contributed by atoms with van der Waals surface area (Å²) in [5.74, 6) is -1.38. The number of aliphatic hydroxyl groups excluding tert-OH is 1. The number of aliphatic hydroxyl groups is 1. The number of benzene rings is 3. The number of carbonyl (C=O) groups is 3. The van der Waals surface area contributed by atoms with Crippen molar-refractivity contribution < 1.29 is 33.7 Å². The Bertz CT molecular complexity index is 1640. The Hall–Kier alpha value is -4.70. The maximum Gasteiger partial charge on any atom is 0.337 e. The second kappa shape index (κ2) is 11.2. The highest BCUT2D eigenvalue weighted by Gasteiger charge is 2.48. The third-order valence-electron chi connectivity index (χ3n) is 6.46. The first kappa shape index (κ1) is 26.9. The number of fused-ring (bicyclic) bond motifs is 1. The quantitative estimate of drug-likeness (QED) is 0.130. The Morgan fingerprint density at radius 3 is 2.48 bits per heavy atom. The molecule has 204 valence electrons. The van der Waals surface area contributed by atoms with Crippen LogP contribution in [-0.2, 0) is 14.3 Å². The van der Waals surface area contributed by atoms with Gasteiger partial charge in [0.15, 0.2) is 5.13 Å². The summed E-state index contributed by atoms with van der Waals surface area (Å²) in [6.07, 6.45) is 0.803. The number of aromatic nitrogens is 1. The molecule has 4 aromatic rings. The van der Waals surface area contributed by atoms with Crippen molar-refractivity contribution >= 4 is 50.1 Å². The van der Waals surface area contributed by atoms with Crippen molar-refractivity contribution in [3.63, 3.8) is 0 Å². The van der Waals surface area contributed by atoms with Crippen molar-refractivity contribution in [2.45, 2.75) is 19.4 Å². The lowest BCUT2D eigenvalue weighted by molar-refractivity contribution is -0.132. The van der Waals surface area contributed by atoms with E-state index in [1.807, 2.05) is 6.92 Å². The lowest BCUT2D eigenvalue weighted by Crippen LogP contribution is -2.29. The number of esters is 1. The van der Waals surface area contributed by atoms with Crippen LogP contribution in [0.5, 0.6) is 11.5 Å². The van der Waals surface area contributed by atoms with E-state index < -0.39 is 23.7 Å². The number of amides is 1. The van der Waals surface area contributed by atoms with Crippen molar-refractivity contribution in [2.24, 2.45) is 0 Å². The number of hydrogen-bond acceptors (Lipinski definition) is 9. The first-order valence-corrected chi connectivity index (χ1v) is 13.3. The van der Waals surface area contributed by atoms with E-state index in [-0.39, 0.29) is 16.5 Å². The van der Waals surface area contributed by atoms with Gasteiger partial charge in [0.2, 0.25) is 0 Å². The molecule has 40 heavy (non-hydrogen) atoms. The van der Waals surface area contributed by atoms with Crippen LogP contribution in [0.3, 0.4) is 0 Å². The number of thiazole rings is 1. The zero-order chi connectivity index (χ0) is 28.4. The summed E-state index contributed by atoms with van der Waals surface area (Å²) in [5, 5.41) is 11.7. The van der Waals surface area contributed by atoms with E-state index in [0.29, 0.717) is 40.3 Å². The predicted octanol–water partition coefficient (Wildman–Crippen LogP) is 5.51. The van der Waals surface area contributed by atoms with Gasteiger partial charge in [0.1, 0.15) is 17.3 Å². The van der Waals surface area contributed by atoms with Crippen LogP contribution in [-0.4, -0.2) is 48.6 Å². The molecule has 1 fully saturated rings. The second-order valence-corrected chi connectivity index (χ2v) is 10.00. The molecule has 9 nitrogen and oxygen atoms in total. The highest BCUT2D eigenvalue weighted by atomic mass is 32.1. The van der Waals surface area contributed by atoms with Gasteiger partial charge in [-0.2, -0.15) is 0 Å². The molecule has 10 heteroatoms. The number of anilines is 1. The molecule has 1 saturated heterocycles. The molecule has 2 heterocycles. The normalized spacial score (nSPS) is 16.4. The molecule has 0 bridgehead atoms. The molecule has 5 rings (SSSR count). The highest BCUT2D eigenvalue weighted by molar-refractivity contribution is 7.22. The van der Waals surface area contributed by atoms with Gasteiger partial charge in [0, 0.05) is 5.56 Å². The van der Waals surface area contributed by atoms with Gasteiger partial charge in [-0.3, -0.25) is 14.5 Å². The molecule has 1 aromatic heterocycles. The topological polar surface area (TPSA) is 115 Å². The number of carbonyl (C=O) groups excluding carboxylic acids is 3. The van der Waals surface area contributed by atoms with Gasteiger partial charge < -0.3 is 19.3 Å². The molecule has 1 aliphatic rings. The van der Waals surface area contributed by atoms with E-state index in [2.05, 4.69) is 4.98 Å². The Kier molecular flexibility index (Phi) is 7.52. The van der Waals surface area contributed by atoms with Crippen LogP contribution in [0.4, 0.5) is 5.13 Å². The number of ketones is 1. The Balaban J connectivity index is 1.67. The van der Waals surface area contributed by atoms with E-state index >= 15 is 0 Å². The van der Waals surface area contributed by atoms with Gasteiger partial charge in [-0.25, -0.2) is 9.78 Å². The molecular weight excluding hydrogens is 532 g/mol. The smallest absolute Gasteiger partial charge is 0.337 e. The number of ether oxygens (including phenoxy) is 3. The fourth-order valence-corrected chi connectivity index (χ4v) is 5.52. The van der Waals surface area contributed by atoms with Crippen LogP contribution in [0.15, 0.2) is 72.3 Å². The first-order chi connectivity index (χ1) is 19.4. The Morgan fingerprint density at radius 2 is 1.77 bits per heavy atom. The zero-order valence-corrected chi connectivity index (χ0v) is 22.9. The van der Waals surface area contributed by atoms with Gasteiger partial charge in [-0.05, 0) is 54.4 Å². The van der Waals surface area contributed by atoms with Crippen LogP contribution in [0.1, 0.15) is 40.9 Å². The van der Waals surface area contributed by atoms with Crippen LogP contribution >= 0.6 is 11.3 Å². The monoisotopic (exact) mass is 558 g/mol. The molecule has 1 unspecified atom stereocenters. The van der Waals surface area contributed by atoms with Gasteiger partial charge in [0.05, 0.1) is 48.2 Å². The number of Topliss-reactive ketones (excluding diaryl/α,β-unsaturated/α-hetero) is 1. The highest BCUT2D eigenvalue weighted by Crippen LogP contribution is 2.44. The first-order valence-electron chi connectivity index (χ1n) is 12.5. The van der Waals surface area contributed by atoms with Gasteiger partial charge in [-0.15, -0.1) is 0 Å². The second-order valence-electron chi connectivity index (χ2n) is 8.99. The van der Waals surface area contributed by atoms with Crippen molar-refractivity contribution in [3.05, 3.63) is 89.0 Å². The van der Waals surface area contributed by atoms with E-state index in [0.717, 1.165) is 11.1 Å². The minimum absolute atomic E-state index is 0.0969. The van der Waals surface area contributed by atoms with E-state index in [9.17, 15) is 19.5 Å². The lowest BCUT2D eigenvalue weighted by atomic mass is 9.94. The summed E-state index contributed by atoms with van der Waals surface area (Å²) in [6.45, 7) is 2.47. The van der Waals surface area contributed by atoms with Crippen LogP contribution in [0.2, 0.25) is 0 Å². The average Bonchev–Trinajstić information content (AvgIpc) is 3.52. The van der Waals surface area contributed by atoms with Crippen molar-refractivity contribution in [3.8, 4) is 11.5 Å². The van der Waals surface area contributed by atoms with Gasteiger partial charge >= 0.3 is 11.9 Å². The number of hydrogen-bond donors (Lipinski definition) is 1. The maximum atomic E-state index is 13.5. The molecule has 3 aromatic carbocycles. The van der Waals surface area contributed by atoms with Crippen molar-refractivity contribution in [2.75, 3.05) is 25.7 Å². The van der Waals surface area contributed by atoms with E-state index in [1.165, 1.54) is 23.3 Å². The van der Waals surface area contributed by atoms with Crippen LogP contribution in [0, 0.1) is 0 Å². The van der Waals surface area contributed by atoms with Crippen molar-refractivity contribution in [1.82, 2.24) is 4.98 Å². The van der Waals surface area contributed by atoms with Crippen molar-refractivity contribution in [1.29, 1.82) is 0 Å². The minimum Gasteiger partial charge on any atom is -0.507 e. The fourth-order valence-electron chi connectivity index (χ4n) is 4.50. The lowest BCUT2D eigenvalue weighted by Gasteiger charge is -2.23. The maximum absolute atomic E-state index is 13.5. The Labute approximate surface area is 234 Å². The number of rotatable bonds is 8. The van der Waals surface area contributed by atoms with Gasteiger partial charge in [-0.1, -0.05) is 42.5 Å². The molecule has 1 N–H and O–H groups in total. The predicted molar refractivity (Wildman–Crippen MR) is 151 cm³/mol. The third-order valence-corrected chi connectivity index (χ3v) is 7.48. The van der Waals surface area contributed by atoms with Gasteiger partial charge in [0.25, 0.3) is 5.78 Å². The summed E-state index contributed by atoms with van der Waals surface area (Å²) in [7, 11) is 2.84. The SMILES string of the molecule is CCCOc1cccc(/C(O)=C2\C(=O)C(=O)N(c3nc4ccc(OC)cc4s3)C2c2ccc(C(=O)OC)cc2)c1. The zero-order valence-electron chi connectivity index (χ0n) is 22.0. The Morgan fingerprint density at radius 1 is 1.00 bits per heavy atom. The molecule has 0 aliphatic carbocycles. The largest absolute Gasteiger partial charge is 0.507 e. The summed E-state index contributed by atoms with van der Waals surface area (Å²) < 4.78 is 16.6. The minimum atomic E-state index is -1.01. The average molecular weight is 559 g/mol. The summed E-state index contributed by atoms with van der Waals surface area (Å²) in [4.78, 5) is 45.0. The molecule has 0 saturated carbocycles. The summed E-state index contributed by atoms with van der Waals surface area (Å²) >= 11 is 1.22. The number of nitrogens with zero attached hydrogens (tertiary/aromatic N) is 2. The molecule has 0 spiro atoms. The van der Waals surface area contributed by atoms with Crippen LogP contribution < -0.4 is 14.4 Å². The number of methoxy groups -OCH3 is 2. The standard InChI is InChI=1S/C30H26N2O7S/c1-4-14-39-21-7-5-6-19(15-21)26(33)24-25(17-8-10-18(11-9-17)29(36)38-3)32(28(35)27(24)34)30-31-22-13-12-20(37-2)16-23(22)40-30/h5-13,15-16,25,33H,4,14H2,1-3H3/b26-24+. The molecule has 1 aliphatic heterocycles. The third kappa shape index (κ3) is 4.89. The molecule has 0 radical (unpaired) electrons. The van der Waals surface area contributed by atoms with Crippen LogP contribution in [0.25, 0.3) is 16.0 Å². The van der Waals surface area contributed by atoms with E-state index in [4.69, 9.17) is 14.2 Å².